The van der Waals surface area contributed by atoms with Crippen LogP contribution < -0.4 is 15.2 Å². The highest BCUT2D eigenvalue weighted by Gasteiger charge is 2.41. The van der Waals surface area contributed by atoms with Gasteiger partial charge in [-0.2, -0.15) is 0 Å². The minimum atomic E-state index is -0.777. The lowest BCUT2D eigenvalue weighted by molar-refractivity contribution is -0.166. The molecule has 2 atom stereocenters. The second-order valence-corrected chi connectivity index (χ2v) is 9.73. The Morgan fingerprint density at radius 2 is 1.86 bits per heavy atom. The number of benzene rings is 1. The normalized spacial score (nSPS) is 16.8. The predicted molar refractivity (Wildman–Crippen MR) is 136 cm³/mol. The summed E-state index contributed by atoms with van der Waals surface area (Å²) < 4.78 is 22.1. The second kappa shape index (κ2) is 14.2. The number of amides is 1. The molecule has 0 spiro atoms. The lowest BCUT2D eigenvalue weighted by atomic mass is 9.84. The first-order valence-electron chi connectivity index (χ1n) is 12.7. The van der Waals surface area contributed by atoms with Crippen molar-refractivity contribution >= 4 is 17.7 Å². The van der Waals surface area contributed by atoms with Crippen molar-refractivity contribution in [3.05, 3.63) is 23.8 Å². The van der Waals surface area contributed by atoms with Crippen LogP contribution in [0.3, 0.4) is 0 Å². The van der Waals surface area contributed by atoms with Crippen molar-refractivity contribution in [3.8, 4) is 11.5 Å². The number of aryl methyl sites for hydroxylation is 1. The first-order chi connectivity index (χ1) is 17.2. The van der Waals surface area contributed by atoms with Gasteiger partial charge in [0.2, 0.25) is 5.78 Å². The van der Waals surface area contributed by atoms with E-state index in [0.717, 1.165) is 18.4 Å². The zero-order chi connectivity index (χ0) is 26.7. The Morgan fingerprint density at radius 1 is 1.14 bits per heavy atom. The van der Waals surface area contributed by atoms with Crippen LogP contribution >= 0.6 is 0 Å². The molecule has 0 bridgehead atoms. The third kappa shape index (κ3) is 7.93. The summed E-state index contributed by atoms with van der Waals surface area (Å²) in [7, 11) is 3.16. The largest absolute Gasteiger partial charge is 0.493 e. The number of carbonyl (C=O) groups is 3. The van der Waals surface area contributed by atoms with E-state index < -0.39 is 35.2 Å². The predicted octanol–water partition coefficient (Wildman–Crippen LogP) is 2.91. The number of hydrogen-bond donors (Lipinski definition) is 1. The van der Waals surface area contributed by atoms with Gasteiger partial charge in [-0.25, -0.2) is 4.79 Å². The Bertz CT molecular complexity index is 887. The Kier molecular flexibility index (Phi) is 11.7. The molecule has 1 aliphatic heterocycles. The van der Waals surface area contributed by atoms with Crippen LogP contribution in [0.5, 0.6) is 11.5 Å². The SMILES string of the molecule is CCC(C)(C)C(=O)C(=O)N1CCCC[C@H]1C(=O)O[C@H](CCc1ccc(OC)c(OC)c1)COCCN. The number of methoxy groups -OCH3 is 2. The average Bonchev–Trinajstić information content (AvgIpc) is 2.90. The third-order valence-corrected chi connectivity index (χ3v) is 6.78. The Hall–Kier alpha value is -2.65. The molecule has 0 unspecified atom stereocenters. The van der Waals surface area contributed by atoms with Crippen molar-refractivity contribution in [2.75, 3.05) is 40.5 Å². The Labute approximate surface area is 214 Å². The fourth-order valence-corrected chi connectivity index (χ4v) is 4.08. The molecular formula is C27H42N2O7. The first-order valence-corrected chi connectivity index (χ1v) is 12.7. The number of carbonyl (C=O) groups excluding carboxylic acids is 3. The van der Waals surface area contributed by atoms with Gasteiger partial charge in [0, 0.05) is 18.5 Å². The van der Waals surface area contributed by atoms with Crippen molar-refractivity contribution in [1.29, 1.82) is 0 Å². The molecular weight excluding hydrogens is 464 g/mol. The molecule has 9 heteroatoms. The summed E-state index contributed by atoms with van der Waals surface area (Å²) >= 11 is 0. The number of esters is 1. The number of likely N-dealkylation sites (tertiary alicyclic amines) is 1. The van der Waals surface area contributed by atoms with E-state index in [-0.39, 0.29) is 6.61 Å². The van der Waals surface area contributed by atoms with E-state index >= 15 is 0 Å². The summed E-state index contributed by atoms with van der Waals surface area (Å²) in [5, 5.41) is 0. The number of rotatable bonds is 14. The first kappa shape index (κ1) is 29.6. The van der Waals surface area contributed by atoms with Gasteiger partial charge in [0.05, 0.1) is 27.4 Å². The van der Waals surface area contributed by atoms with Gasteiger partial charge in [-0.1, -0.05) is 26.8 Å². The Morgan fingerprint density at radius 3 is 2.50 bits per heavy atom. The quantitative estimate of drug-likeness (QED) is 0.233. The molecule has 2 rings (SSSR count). The lowest BCUT2D eigenvalue weighted by Gasteiger charge is -2.36. The van der Waals surface area contributed by atoms with Gasteiger partial charge in [0.1, 0.15) is 12.1 Å². The molecule has 36 heavy (non-hydrogen) atoms. The number of Topliss-reactive ketones (excluding diaryl/α,β-unsaturated/α-hetero) is 1. The maximum absolute atomic E-state index is 13.2. The maximum atomic E-state index is 13.2. The van der Waals surface area contributed by atoms with Crippen LogP contribution in [0.2, 0.25) is 0 Å². The zero-order valence-electron chi connectivity index (χ0n) is 22.3. The monoisotopic (exact) mass is 506 g/mol. The molecule has 1 amide bonds. The van der Waals surface area contributed by atoms with E-state index in [9.17, 15) is 14.4 Å². The summed E-state index contributed by atoms with van der Waals surface area (Å²) in [6.45, 7) is 6.64. The van der Waals surface area contributed by atoms with E-state index in [0.29, 0.717) is 56.9 Å². The summed E-state index contributed by atoms with van der Waals surface area (Å²) in [4.78, 5) is 40.5. The summed E-state index contributed by atoms with van der Waals surface area (Å²) in [5.74, 6) is -0.318. The van der Waals surface area contributed by atoms with E-state index in [1.807, 2.05) is 25.1 Å². The van der Waals surface area contributed by atoms with E-state index in [4.69, 9.17) is 24.7 Å². The second-order valence-electron chi connectivity index (χ2n) is 9.73. The van der Waals surface area contributed by atoms with Crippen LogP contribution in [0.4, 0.5) is 0 Å². The third-order valence-electron chi connectivity index (χ3n) is 6.78. The van der Waals surface area contributed by atoms with Crippen LogP contribution in [0.15, 0.2) is 18.2 Å². The van der Waals surface area contributed by atoms with Crippen LogP contribution in [0.1, 0.15) is 58.4 Å². The van der Waals surface area contributed by atoms with Crippen molar-refractivity contribution in [1.82, 2.24) is 4.90 Å². The molecule has 0 radical (unpaired) electrons. The van der Waals surface area contributed by atoms with Gasteiger partial charge >= 0.3 is 5.97 Å². The molecule has 1 aromatic rings. The van der Waals surface area contributed by atoms with Crippen molar-refractivity contribution in [2.24, 2.45) is 11.1 Å². The molecule has 1 fully saturated rings. The highest BCUT2D eigenvalue weighted by atomic mass is 16.6. The molecule has 1 saturated heterocycles. The molecule has 0 aliphatic carbocycles. The number of ether oxygens (including phenoxy) is 4. The Balaban J connectivity index is 2.12. The van der Waals surface area contributed by atoms with Gasteiger partial charge in [-0.05, 0) is 56.2 Å². The van der Waals surface area contributed by atoms with Crippen LogP contribution in [-0.2, 0) is 30.3 Å². The molecule has 9 nitrogen and oxygen atoms in total. The topological polar surface area (TPSA) is 117 Å². The van der Waals surface area contributed by atoms with Crippen molar-refractivity contribution in [3.63, 3.8) is 0 Å². The summed E-state index contributed by atoms with van der Waals surface area (Å²) in [6, 6.07) is 4.88. The zero-order valence-corrected chi connectivity index (χ0v) is 22.3. The van der Waals surface area contributed by atoms with Crippen molar-refractivity contribution < 1.29 is 33.3 Å². The number of hydrogen-bond acceptors (Lipinski definition) is 8. The molecule has 1 aliphatic rings. The molecule has 1 heterocycles. The van der Waals surface area contributed by atoms with Crippen molar-refractivity contribution in [2.45, 2.75) is 71.4 Å². The summed E-state index contributed by atoms with van der Waals surface area (Å²) in [6.07, 6.45) is 3.13. The highest BCUT2D eigenvalue weighted by Crippen LogP contribution is 2.29. The van der Waals surface area contributed by atoms with Crippen LogP contribution in [0.25, 0.3) is 0 Å². The van der Waals surface area contributed by atoms with Crippen LogP contribution in [-0.4, -0.2) is 75.2 Å². The van der Waals surface area contributed by atoms with Gasteiger partial charge in [0.25, 0.3) is 5.91 Å². The maximum Gasteiger partial charge on any atom is 0.329 e. The lowest BCUT2D eigenvalue weighted by Crippen LogP contribution is -2.53. The smallest absolute Gasteiger partial charge is 0.329 e. The molecule has 0 saturated carbocycles. The minimum Gasteiger partial charge on any atom is -0.493 e. The van der Waals surface area contributed by atoms with Gasteiger partial charge in [-0.15, -0.1) is 0 Å². The fourth-order valence-electron chi connectivity index (χ4n) is 4.08. The standard InChI is InChI=1S/C27H42N2O7/c1-6-27(2,3)24(30)25(31)29-15-8-7-9-21(29)26(32)36-20(18-35-16-14-28)12-10-19-11-13-22(33-4)23(17-19)34-5/h11,13,17,20-21H,6-10,12,14-16,18,28H2,1-5H3/t20-,21+/m1/s1. The molecule has 202 valence electrons. The van der Waals surface area contributed by atoms with Crippen LogP contribution in [0, 0.1) is 5.41 Å². The van der Waals surface area contributed by atoms with Gasteiger partial charge in [-0.3, -0.25) is 9.59 Å². The number of nitrogens with zero attached hydrogens (tertiary/aromatic N) is 1. The number of nitrogens with two attached hydrogens (primary N) is 1. The van der Waals surface area contributed by atoms with Gasteiger partial charge in [0.15, 0.2) is 11.5 Å². The van der Waals surface area contributed by atoms with E-state index in [2.05, 4.69) is 0 Å². The molecule has 1 aromatic carbocycles. The molecule has 2 N–H and O–H groups in total. The molecule has 0 aromatic heterocycles. The van der Waals surface area contributed by atoms with Gasteiger partial charge < -0.3 is 29.6 Å². The number of ketones is 1. The number of piperidine rings is 1. The highest BCUT2D eigenvalue weighted by molar-refractivity contribution is 6.38. The fraction of sp³-hybridized carbons (Fsp3) is 0.667. The minimum absolute atomic E-state index is 0.193. The van der Waals surface area contributed by atoms with E-state index in [1.165, 1.54) is 4.90 Å². The average molecular weight is 507 g/mol. The van der Waals surface area contributed by atoms with E-state index in [1.54, 1.807) is 28.1 Å². The summed E-state index contributed by atoms with van der Waals surface area (Å²) in [5.41, 5.74) is 5.77.